The first-order valence-electron chi connectivity index (χ1n) is 8.18. The molecule has 2 aliphatic carbocycles. The topological polar surface area (TPSA) is 85.5 Å². The number of hydrogen-bond acceptors (Lipinski definition) is 6. The van der Waals surface area contributed by atoms with Crippen LogP contribution in [0, 0.1) is 0 Å². The molecule has 6 heteroatoms. The molecule has 2 bridgehead atoms. The molecule has 1 saturated heterocycles. The molecule has 1 aromatic rings. The number of aliphatic hydroxyl groups is 1. The Hall–Kier alpha value is -1.79. The molecular formula is C17H20N2O4. The van der Waals surface area contributed by atoms with Crippen LogP contribution >= 0.6 is 0 Å². The summed E-state index contributed by atoms with van der Waals surface area (Å²) in [6, 6.07) is 3.63. The number of phenolic OH excluding ortho intramolecular Hbond substituents is 1. The van der Waals surface area contributed by atoms with E-state index in [1.807, 2.05) is 6.07 Å². The summed E-state index contributed by atoms with van der Waals surface area (Å²) in [5, 5.41) is 34.9. The molecule has 2 aliphatic heterocycles. The summed E-state index contributed by atoms with van der Waals surface area (Å²) in [6.45, 7) is 0.847. The highest BCUT2D eigenvalue weighted by atomic mass is 16.5. The second-order valence-corrected chi connectivity index (χ2v) is 7.38. The van der Waals surface area contributed by atoms with Crippen molar-refractivity contribution in [2.24, 2.45) is 5.16 Å². The van der Waals surface area contributed by atoms with E-state index in [2.05, 4.69) is 17.1 Å². The highest BCUT2D eigenvalue weighted by molar-refractivity contribution is 5.94. The van der Waals surface area contributed by atoms with Gasteiger partial charge in [-0.2, -0.15) is 0 Å². The highest BCUT2D eigenvalue weighted by Crippen LogP contribution is 2.64. The predicted octanol–water partition coefficient (Wildman–Crippen LogP) is 1.01. The van der Waals surface area contributed by atoms with Crippen LogP contribution < -0.4 is 4.74 Å². The average Bonchev–Trinajstić information content (AvgIpc) is 2.89. The van der Waals surface area contributed by atoms with Crippen LogP contribution in [0.3, 0.4) is 0 Å². The van der Waals surface area contributed by atoms with Crippen LogP contribution in [0.25, 0.3) is 0 Å². The Kier molecular flexibility index (Phi) is 2.37. The number of oxime groups is 1. The van der Waals surface area contributed by atoms with E-state index >= 15 is 0 Å². The number of likely N-dealkylation sites (tertiary alicyclic amines) is 1. The molecule has 4 atom stereocenters. The fourth-order valence-corrected chi connectivity index (χ4v) is 5.65. The van der Waals surface area contributed by atoms with Crippen molar-refractivity contribution in [3.8, 4) is 11.5 Å². The maximum atomic E-state index is 11.7. The molecule has 2 heterocycles. The summed E-state index contributed by atoms with van der Waals surface area (Å²) < 4.78 is 6.09. The van der Waals surface area contributed by atoms with Crippen molar-refractivity contribution in [3.63, 3.8) is 0 Å². The minimum absolute atomic E-state index is 0.0191. The summed E-state index contributed by atoms with van der Waals surface area (Å²) >= 11 is 0. The number of aromatic hydroxyl groups is 1. The molecule has 0 aromatic heterocycles. The van der Waals surface area contributed by atoms with E-state index in [1.165, 1.54) is 0 Å². The van der Waals surface area contributed by atoms with Crippen molar-refractivity contribution < 1.29 is 20.2 Å². The third-order valence-corrected chi connectivity index (χ3v) is 6.67. The molecule has 5 rings (SSSR count). The van der Waals surface area contributed by atoms with Gasteiger partial charge in [-0.15, -0.1) is 0 Å². The number of ether oxygens (including phenoxy) is 1. The molecule has 1 saturated carbocycles. The first kappa shape index (κ1) is 13.6. The van der Waals surface area contributed by atoms with Crippen LogP contribution in [0.1, 0.15) is 30.4 Å². The molecule has 3 N–H and O–H groups in total. The largest absolute Gasteiger partial charge is 0.504 e. The van der Waals surface area contributed by atoms with Gasteiger partial charge in [0.1, 0.15) is 0 Å². The lowest BCUT2D eigenvalue weighted by Crippen LogP contribution is -2.76. The Bertz CT molecular complexity index is 748. The Balaban J connectivity index is 1.86. The molecular weight excluding hydrogens is 296 g/mol. The van der Waals surface area contributed by atoms with Gasteiger partial charge in [-0.25, -0.2) is 0 Å². The summed E-state index contributed by atoms with van der Waals surface area (Å²) in [5.41, 5.74) is 1.09. The second-order valence-electron chi connectivity index (χ2n) is 7.38. The van der Waals surface area contributed by atoms with Crippen LogP contribution in [0.4, 0.5) is 0 Å². The predicted molar refractivity (Wildman–Crippen MR) is 82.3 cm³/mol. The number of benzene rings is 1. The lowest BCUT2D eigenvalue weighted by atomic mass is 9.49. The molecule has 6 nitrogen and oxygen atoms in total. The van der Waals surface area contributed by atoms with E-state index in [0.717, 1.165) is 30.5 Å². The van der Waals surface area contributed by atoms with Gasteiger partial charge in [0.2, 0.25) is 0 Å². The van der Waals surface area contributed by atoms with Gasteiger partial charge in [-0.05, 0) is 50.9 Å². The van der Waals surface area contributed by atoms with Gasteiger partial charge in [-0.1, -0.05) is 11.2 Å². The number of phenols is 1. The highest BCUT2D eigenvalue weighted by Gasteiger charge is 2.72. The molecule has 2 fully saturated rings. The van der Waals surface area contributed by atoms with Crippen LogP contribution in [-0.2, 0) is 11.8 Å². The monoisotopic (exact) mass is 316 g/mol. The Morgan fingerprint density at radius 2 is 2.17 bits per heavy atom. The van der Waals surface area contributed by atoms with Crippen LogP contribution in [-0.4, -0.2) is 57.4 Å². The Labute approximate surface area is 134 Å². The van der Waals surface area contributed by atoms with Gasteiger partial charge < -0.3 is 25.1 Å². The maximum absolute atomic E-state index is 11.7. The van der Waals surface area contributed by atoms with Crippen LogP contribution in [0.2, 0.25) is 0 Å². The van der Waals surface area contributed by atoms with Crippen molar-refractivity contribution in [1.82, 2.24) is 4.90 Å². The molecule has 4 aliphatic rings. The number of rotatable bonds is 0. The second kappa shape index (κ2) is 3.99. The molecule has 1 spiro atoms. The van der Waals surface area contributed by atoms with Crippen molar-refractivity contribution in [3.05, 3.63) is 23.3 Å². The quantitative estimate of drug-likeness (QED) is 0.491. The van der Waals surface area contributed by atoms with E-state index in [-0.39, 0.29) is 11.8 Å². The molecule has 0 amide bonds. The number of nitrogens with zero attached hydrogens (tertiary/aromatic N) is 2. The van der Waals surface area contributed by atoms with E-state index < -0.39 is 17.1 Å². The minimum atomic E-state index is -0.926. The zero-order chi connectivity index (χ0) is 16.0. The fraction of sp³-hybridized carbons (Fsp3) is 0.588. The van der Waals surface area contributed by atoms with Gasteiger partial charge in [0, 0.05) is 11.6 Å². The zero-order valence-electron chi connectivity index (χ0n) is 13.0. The average molecular weight is 316 g/mol. The van der Waals surface area contributed by atoms with Crippen molar-refractivity contribution in [1.29, 1.82) is 0 Å². The normalized spacial score (nSPS) is 42.4. The summed E-state index contributed by atoms with van der Waals surface area (Å²) in [4.78, 5) is 2.23. The smallest absolute Gasteiger partial charge is 0.166 e. The lowest BCUT2D eigenvalue weighted by molar-refractivity contribution is -0.161. The molecule has 23 heavy (non-hydrogen) atoms. The zero-order valence-corrected chi connectivity index (χ0v) is 13.0. The summed E-state index contributed by atoms with van der Waals surface area (Å²) in [7, 11) is 2.06. The van der Waals surface area contributed by atoms with Crippen LogP contribution in [0.15, 0.2) is 17.3 Å². The number of hydrogen-bond donors (Lipinski definition) is 3. The van der Waals surface area contributed by atoms with Gasteiger partial charge in [0.15, 0.2) is 17.6 Å². The van der Waals surface area contributed by atoms with Crippen molar-refractivity contribution in [2.75, 3.05) is 13.6 Å². The standard InChI is InChI=1S/C17H20N2O4/c1-19-7-6-16-13-9-2-3-11(20)14(13)23-15(16)10(18-22)4-5-17(16,21)12(19)8-9/h2-3,12,15,20-22H,4-8H2,1H3/t12-,15?,16+,17-/m1/s1. The van der Waals surface area contributed by atoms with Crippen molar-refractivity contribution >= 4 is 5.71 Å². The summed E-state index contributed by atoms with van der Waals surface area (Å²) in [5.74, 6) is 0.571. The molecule has 122 valence electrons. The van der Waals surface area contributed by atoms with E-state index in [4.69, 9.17) is 4.74 Å². The van der Waals surface area contributed by atoms with E-state index in [0.29, 0.717) is 24.3 Å². The maximum Gasteiger partial charge on any atom is 0.166 e. The number of piperidine rings is 1. The first-order valence-corrected chi connectivity index (χ1v) is 8.18. The van der Waals surface area contributed by atoms with E-state index in [1.54, 1.807) is 6.07 Å². The first-order chi connectivity index (χ1) is 11.0. The van der Waals surface area contributed by atoms with Gasteiger partial charge in [-0.3, -0.25) is 0 Å². The third kappa shape index (κ3) is 1.29. The number of likely N-dealkylation sites (N-methyl/N-ethyl adjacent to an activating group) is 1. The Morgan fingerprint density at radius 1 is 1.35 bits per heavy atom. The fourth-order valence-electron chi connectivity index (χ4n) is 5.65. The third-order valence-electron chi connectivity index (χ3n) is 6.67. The summed E-state index contributed by atoms with van der Waals surface area (Å²) in [6.07, 6.45) is 2.04. The van der Waals surface area contributed by atoms with Crippen molar-refractivity contribution in [2.45, 2.75) is 48.8 Å². The Morgan fingerprint density at radius 3 is 2.96 bits per heavy atom. The van der Waals surface area contributed by atoms with E-state index in [9.17, 15) is 15.4 Å². The minimum Gasteiger partial charge on any atom is -0.504 e. The SMILES string of the molecule is CN1CC[C@]23c4c5ccc(O)c4OC2C(=NO)CC[C@@]3(O)[C@H]1C5. The molecule has 0 radical (unpaired) electrons. The lowest BCUT2D eigenvalue weighted by Gasteiger charge is -2.62. The molecule has 1 unspecified atom stereocenters. The van der Waals surface area contributed by atoms with Crippen LogP contribution in [0.5, 0.6) is 11.5 Å². The van der Waals surface area contributed by atoms with Gasteiger partial charge in [0.05, 0.1) is 16.7 Å². The van der Waals surface area contributed by atoms with Gasteiger partial charge >= 0.3 is 0 Å². The van der Waals surface area contributed by atoms with Gasteiger partial charge in [0.25, 0.3) is 0 Å². The molecule has 1 aromatic carbocycles.